The lowest BCUT2D eigenvalue weighted by molar-refractivity contribution is -0.116. The first-order valence-electron chi connectivity index (χ1n) is 8.91. The standard InChI is InChI=1S/C20H21N5O3/c1-2-25(20(28)18-15-5-3-4-6-16(15)23-24-18)12-11-17(26)22-14-9-7-13(8-10-14)19(21)27/h3-10H,2,11-12H2,1H3,(H2,21,27)(H,22,26)(H,23,24). The summed E-state index contributed by atoms with van der Waals surface area (Å²) in [4.78, 5) is 37.7. The van der Waals surface area contributed by atoms with Crippen LogP contribution >= 0.6 is 0 Å². The number of aromatic amines is 1. The number of anilines is 1. The van der Waals surface area contributed by atoms with Gasteiger partial charge in [-0.1, -0.05) is 18.2 Å². The minimum atomic E-state index is -0.527. The molecule has 8 heteroatoms. The van der Waals surface area contributed by atoms with Crippen LogP contribution in [0.25, 0.3) is 10.9 Å². The van der Waals surface area contributed by atoms with E-state index in [0.29, 0.717) is 23.5 Å². The van der Waals surface area contributed by atoms with Crippen molar-refractivity contribution in [1.29, 1.82) is 0 Å². The first-order valence-corrected chi connectivity index (χ1v) is 8.91. The Kier molecular flexibility index (Phi) is 5.69. The largest absolute Gasteiger partial charge is 0.366 e. The molecule has 3 aromatic rings. The Bertz CT molecular complexity index is 1010. The summed E-state index contributed by atoms with van der Waals surface area (Å²) in [5.74, 6) is -0.982. The molecule has 0 bridgehead atoms. The number of carbonyl (C=O) groups is 3. The summed E-state index contributed by atoms with van der Waals surface area (Å²) < 4.78 is 0. The van der Waals surface area contributed by atoms with Gasteiger partial charge >= 0.3 is 0 Å². The number of nitrogens with one attached hydrogen (secondary N) is 2. The highest BCUT2D eigenvalue weighted by Gasteiger charge is 2.20. The van der Waals surface area contributed by atoms with Crippen LogP contribution in [-0.2, 0) is 4.79 Å². The van der Waals surface area contributed by atoms with E-state index < -0.39 is 5.91 Å². The third kappa shape index (κ3) is 4.17. The maximum atomic E-state index is 12.8. The number of primary amides is 1. The van der Waals surface area contributed by atoms with Crippen LogP contribution in [0.3, 0.4) is 0 Å². The molecule has 2 aromatic carbocycles. The maximum Gasteiger partial charge on any atom is 0.274 e. The van der Waals surface area contributed by atoms with E-state index >= 15 is 0 Å². The van der Waals surface area contributed by atoms with Crippen molar-refractivity contribution >= 4 is 34.3 Å². The molecule has 4 N–H and O–H groups in total. The average Bonchev–Trinajstić information content (AvgIpc) is 3.13. The van der Waals surface area contributed by atoms with Gasteiger partial charge < -0.3 is 16.0 Å². The smallest absolute Gasteiger partial charge is 0.274 e. The molecule has 8 nitrogen and oxygen atoms in total. The van der Waals surface area contributed by atoms with Gasteiger partial charge in [-0.2, -0.15) is 5.10 Å². The molecule has 0 unspecified atom stereocenters. The molecule has 0 radical (unpaired) electrons. The molecule has 0 aliphatic carbocycles. The molecule has 0 fully saturated rings. The van der Waals surface area contributed by atoms with Gasteiger partial charge in [0, 0.05) is 36.1 Å². The van der Waals surface area contributed by atoms with Crippen molar-refractivity contribution in [2.45, 2.75) is 13.3 Å². The second-order valence-electron chi connectivity index (χ2n) is 6.24. The molecular weight excluding hydrogens is 358 g/mol. The van der Waals surface area contributed by atoms with Gasteiger partial charge in [0.2, 0.25) is 11.8 Å². The fraction of sp³-hybridized carbons (Fsp3) is 0.200. The van der Waals surface area contributed by atoms with Gasteiger partial charge in [0.15, 0.2) is 5.69 Å². The zero-order chi connectivity index (χ0) is 20.1. The monoisotopic (exact) mass is 379 g/mol. The highest BCUT2D eigenvalue weighted by atomic mass is 16.2. The number of benzene rings is 2. The van der Waals surface area contributed by atoms with Crippen LogP contribution < -0.4 is 11.1 Å². The molecule has 28 heavy (non-hydrogen) atoms. The molecule has 0 atom stereocenters. The molecule has 0 saturated carbocycles. The number of hydrogen-bond donors (Lipinski definition) is 3. The molecule has 0 aliphatic heterocycles. The van der Waals surface area contributed by atoms with Crippen molar-refractivity contribution < 1.29 is 14.4 Å². The highest BCUT2D eigenvalue weighted by molar-refractivity contribution is 6.04. The second-order valence-corrected chi connectivity index (χ2v) is 6.24. The summed E-state index contributed by atoms with van der Waals surface area (Å²) in [6, 6.07) is 13.7. The lowest BCUT2D eigenvalue weighted by Crippen LogP contribution is -2.34. The Morgan fingerprint density at radius 2 is 1.82 bits per heavy atom. The fourth-order valence-electron chi connectivity index (χ4n) is 2.86. The third-order valence-electron chi connectivity index (χ3n) is 4.40. The fourth-order valence-corrected chi connectivity index (χ4v) is 2.86. The minimum Gasteiger partial charge on any atom is -0.366 e. The number of carbonyl (C=O) groups excluding carboxylic acids is 3. The number of nitrogens with two attached hydrogens (primary N) is 1. The predicted molar refractivity (Wildman–Crippen MR) is 106 cm³/mol. The quantitative estimate of drug-likeness (QED) is 0.582. The van der Waals surface area contributed by atoms with Crippen molar-refractivity contribution in [1.82, 2.24) is 15.1 Å². The van der Waals surface area contributed by atoms with Gasteiger partial charge in [-0.15, -0.1) is 0 Å². The van der Waals surface area contributed by atoms with E-state index in [-0.39, 0.29) is 24.8 Å². The Morgan fingerprint density at radius 1 is 1.11 bits per heavy atom. The zero-order valence-corrected chi connectivity index (χ0v) is 15.4. The number of nitrogens with zero attached hydrogens (tertiary/aromatic N) is 2. The van der Waals surface area contributed by atoms with Crippen LogP contribution in [0.2, 0.25) is 0 Å². The van der Waals surface area contributed by atoms with Gasteiger partial charge in [-0.05, 0) is 37.3 Å². The van der Waals surface area contributed by atoms with Crippen LogP contribution in [0, 0.1) is 0 Å². The lowest BCUT2D eigenvalue weighted by Gasteiger charge is -2.19. The molecule has 0 spiro atoms. The van der Waals surface area contributed by atoms with Gasteiger partial charge in [0.05, 0.1) is 5.52 Å². The van der Waals surface area contributed by atoms with Crippen molar-refractivity contribution in [2.75, 3.05) is 18.4 Å². The van der Waals surface area contributed by atoms with Gasteiger partial charge in [0.25, 0.3) is 5.91 Å². The summed E-state index contributed by atoms with van der Waals surface area (Å²) in [5, 5.41) is 10.5. The van der Waals surface area contributed by atoms with Crippen molar-refractivity contribution in [2.24, 2.45) is 5.73 Å². The zero-order valence-electron chi connectivity index (χ0n) is 15.4. The predicted octanol–water partition coefficient (Wildman–Crippen LogP) is 2.15. The van der Waals surface area contributed by atoms with Crippen molar-refractivity contribution in [3.05, 3.63) is 59.8 Å². The molecule has 1 aromatic heterocycles. The van der Waals surface area contributed by atoms with E-state index in [1.165, 1.54) is 0 Å². The summed E-state index contributed by atoms with van der Waals surface area (Å²) in [7, 11) is 0. The number of H-pyrrole nitrogens is 1. The molecule has 3 amide bonds. The number of amides is 3. The summed E-state index contributed by atoms with van der Waals surface area (Å²) in [5.41, 5.74) is 7.26. The Hall–Kier alpha value is -3.68. The molecule has 144 valence electrons. The summed E-state index contributed by atoms with van der Waals surface area (Å²) in [6.07, 6.45) is 0.138. The van der Waals surface area contributed by atoms with E-state index in [1.807, 2.05) is 31.2 Å². The van der Waals surface area contributed by atoms with E-state index in [0.717, 1.165) is 10.9 Å². The molecule has 0 saturated heterocycles. The first kappa shape index (κ1) is 19.1. The second kappa shape index (κ2) is 8.34. The van der Waals surface area contributed by atoms with Gasteiger partial charge in [-0.25, -0.2) is 0 Å². The van der Waals surface area contributed by atoms with Crippen molar-refractivity contribution in [3.63, 3.8) is 0 Å². The van der Waals surface area contributed by atoms with Crippen LogP contribution in [0.15, 0.2) is 48.5 Å². The Labute approximate surface area is 161 Å². The maximum absolute atomic E-state index is 12.8. The minimum absolute atomic E-state index is 0.138. The number of aromatic nitrogens is 2. The number of hydrogen-bond acceptors (Lipinski definition) is 4. The van der Waals surface area contributed by atoms with Crippen molar-refractivity contribution in [3.8, 4) is 0 Å². The molecular formula is C20H21N5O3. The van der Waals surface area contributed by atoms with Crippen LogP contribution in [-0.4, -0.2) is 45.9 Å². The van der Waals surface area contributed by atoms with Gasteiger partial charge in [0.1, 0.15) is 0 Å². The van der Waals surface area contributed by atoms with E-state index in [9.17, 15) is 14.4 Å². The molecule has 0 aliphatic rings. The summed E-state index contributed by atoms with van der Waals surface area (Å²) in [6.45, 7) is 2.58. The SMILES string of the molecule is CCN(CCC(=O)Nc1ccc(C(N)=O)cc1)C(=O)c1n[nH]c2ccccc12. The third-order valence-corrected chi connectivity index (χ3v) is 4.40. The van der Waals surface area contributed by atoms with E-state index in [4.69, 9.17) is 5.73 Å². The number of para-hydroxylation sites is 1. The average molecular weight is 379 g/mol. The normalized spacial score (nSPS) is 10.6. The van der Waals surface area contributed by atoms with Crippen LogP contribution in [0.4, 0.5) is 5.69 Å². The van der Waals surface area contributed by atoms with E-state index in [2.05, 4.69) is 15.5 Å². The highest BCUT2D eigenvalue weighted by Crippen LogP contribution is 2.17. The van der Waals surface area contributed by atoms with Gasteiger partial charge in [-0.3, -0.25) is 19.5 Å². The topological polar surface area (TPSA) is 121 Å². The number of fused-ring (bicyclic) bond motifs is 1. The Balaban J connectivity index is 1.60. The molecule has 1 heterocycles. The van der Waals surface area contributed by atoms with Crippen LogP contribution in [0.1, 0.15) is 34.2 Å². The Morgan fingerprint density at radius 3 is 2.50 bits per heavy atom. The number of rotatable bonds is 7. The summed E-state index contributed by atoms with van der Waals surface area (Å²) >= 11 is 0. The first-order chi connectivity index (χ1) is 13.5. The van der Waals surface area contributed by atoms with Crippen LogP contribution in [0.5, 0.6) is 0 Å². The lowest BCUT2D eigenvalue weighted by atomic mass is 10.2. The molecule has 3 rings (SSSR count). The van der Waals surface area contributed by atoms with E-state index in [1.54, 1.807) is 29.2 Å².